The minimum Gasteiger partial charge on any atom is -0.497 e. The fourth-order valence-corrected chi connectivity index (χ4v) is 2.69. The van der Waals surface area contributed by atoms with Crippen LogP contribution in [0, 0.1) is 0 Å². The summed E-state index contributed by atoms with van der Waals surface area (Å²) in [4.78, 5) is 14.1. The quantitative estimate of drug-likeness (QED) is 0.739. The van der Waals surface area contributed by atoms with Crippen molar-refractivity contribution in [1.82, 2.24) is 10.2 Å². The number of halogens is 3. The number of carbonyl (C=O) groups excluding carboxylic acids is 1. The summed E-state index contributed by atoms with van der Waals surface area (Å²) in [5, 5.41) is 2.89. The Balaban J connectivity index is 1.81. The Kier molecular flexibility index (Phi) is 7.45. The van der Waals surface area contributed by atoms with Crippen molar-refractivity contribution in [3.63, 3.8) is 0 Å². The van der Waals surface area contributed by atoms with E-state index >= 15 is 0 Å². The molecule has 0 aliphatic heterocycles. The van der Waals surface area contributed by atoms with E-state index in [1.807, 2.05) is 24.3 Å². The Morgan fingerprint density at radius 1 is 1.07 bits per heavy atom. The van der Waals surface area contributed by atoms with Crippen molar-refractivity contribution in [2.45, 2.75) is 32.1 Å². The molecule has 0 heterocycles. The first-order chi connectivity index (χ1) is 13.2. The number of methoxy groups -OCH3 is 1. The molecule has 0 spiro atoms. The first-order valence-electron chi connectivity index (χ1n) is 8.97. The van der Waals surface area contributed by atoms with E-state index in [9.17, 15) is 18.0 Å². The third-order valence-corrected chi connectivity index (χ3v) is 4.63. The molecule has 1 atom stereocenters. The SMILES string of the molecule is COc1ccc(CCNC(=O)C(C)N(C)Cc2ccc(C(F)(F)F)cc2)cc1. The Morgan fingerprint density at radius 2 is 1.64 bits per heavy atom. The predicted molar refractivity (Wildman–Crippen MR) is 102 cm³/mol. The van der Waals surface area contributed by atoms with Crippen molar-refractivity contribution < 1.29 is 22.7 Å². The summed E-state index contributed by atoms with van der Waals surface area (Å²) in [5.74, 6) is 0.661. The standard InChI is InChI=1S/C21H25F3N2O2/c1-15(20(27)25-13-12-16-6-10-19(28-3)11-7-16)26(2)14-17-4-8-18(9-5-17)21(22,23)24/h4-11,15H,12-14H2,1-3H3,(H,25,27). The van der Waals surface area contributed by atoms with Crippen molar-refractivity contribution in [3.05, 3.63) is 65.2 Å². The first kappa shape index (κ1) is 21.8. The number of benzene rings is 2. The lowest BCUT2D eigenvalue weighted by molar-refractivity contribution is -0.137. The van der Waals surface area contributed by atoms with Gasteiger partial charge >= 0.3 is 6.18 Å². The van der Waals surface area contributed by atoms with Crippen LogP contribution < -0.4 is 10.1 Å². The lowest BCUT2D eigenvalue weighted by atomic mass is 10.1. The van der Waals surface area contributed by atoms with Gasteiger partial charge in [0.05, 0.1) is 18.7 Å². The molecule has 7 heteroatoms. The number of alkyl halides is 3. The fourth-order valence-electron chi connectivity index (χ4n) is 2.69. The van der Waals surface area contributed by atoms with Crippen LogP contribution in [0.5, 0.6) is 5.75 Å². The van der Waals surface area contributed by atoms with E-state index < -0.39 is 17.8 Å². The number of hydrogen-bond donors (Lipinski definition) is 1. The van der Waals surface area contributed by atoms with Gasteiger partial charge < -0.3 is 10.1 Å². The van der Waals surface area contributed by atoms with E-state index in [2.05, 4.69) is 5.32 Å². The Bertz CT molecular complexity index is 759. The number of nitrogens with zero attached hydrogens (tertiary/aromatic N) is 1. The molecule has 2 aromatic carbocycles. The second-order valence-electron chi connectivity index (χ2n) is 6.67. The van der Waals surface area contributed by atoms with Crippen LogP contribution in [0.4, 0.5) is 13.2 Å². The largest absolute Gasteiger partial charge is 0.497 e. The smallest absolute Gasteiger partial charge is 0.416 e. The highest BCUT2D eigenvalue weighted by Crippen LogP contribution is 2.29. The molecule has 1 amide bonds. The molecular weight excluding hydrogens is 369 g/mol. The first-order valence-corrected chi connectivity index (χ1v) is 8.97. The molecule has 0 bridgehead atoms. The van der Waals surface area contributed by atoms with Gasteiger partial charge in [-0.05, 0) is 55.8 Å². The second kappa shape index (κ2) is 9.59. The maximum Gasteiger partial charge on any atom is 0.416 e. The molecule has 0 aromatic heterocycles. The van der Waals surface area contributed by atoms with Crippen molar-refractivity contribution in [3.8, 4) is 5.75 Å². The Hall–Kier alpha value is -2.54. The van der Waals surface area contributed by atoms with E-state index in [1.165, 1.54) is 12.1 Å². The normalized spacial score (nSPS) is 12.7. The van der Waals surface area contributed by atoms with Gasteiger partial charge in [0.15, 0.2) is 0 Å². The monoisotopic (exact) mass is 394 g/mol. The van der Waals surface area contributed by atoms with E-state index in [0.717, 1.165) is 23.4 Å². The Labute approximate surface area is 163 Å². The average Bonchev–Trinajstić information content (AvgIpc) is 2.67. The predicted octanol–water partition coefficient (Wildman–Crippen LogP) is 3.89. The number of likely N-dealkylation sites (N-methyl/N-ethyl adjacent to an activating group) is 1. The molecule has 2 rings (SSSR count). The maximum absolute atomic E-state index is 12.6. The van der Waals surface area contributed by atoms with E-state index in [-0.39, 0.29) is 5.91 Å². The van der Waals surface area contributed by atoms with Crippen LogP contribution in [0.1, 0.15) is 23.6 Å². The molecule has 28 heavy (non-hydrogen) atoms. The summed E-state index contributed by atoms with van der Waals surface area (Å²) < 4.78 is 43.0. The summed E-state index contributed by atoms with van der Waals surface area (Å²) in [5.41, 5.74) is 1.13. The van der Waals surface area contributed by atoms with Crippen LogP contribution >= 0.6 is 0 Å². The van der Waals surface area contributed by atoms with Crippen LogP contribution in [-0.2, 0) is 23.9 Å². The number of hydrogen-bond acceptors (Lipinski definition) is 3. The van der Waals surface area contributed by atoms with Crippen LogP contribution in [0.15, 0.2) is 48.5 Å². The molecular formula is C21H25F3N2O2. The minimum atomic E-state index is -4.35. The highest BCUT2D eigenvalue weighted by atomic mass is 19.4. The molecule has 152 valence electrons. The molecule has 1 unspecified atom stereocenters. The number of ether oxygens (including phenoxy) is 1. The molecule has 0 saturated heterocycles. The molecule has 0 radical (unpaired) electrons. The van der Waals surface area contributed by atoms with Gasteiger partial charge in [-0.3, -0.25) is 9.69 Å². The van der Waals surface area contributed by atoms with Crippen molar-refractivity contribution in [2.24, 2.45) is 0 Å². The lowest BCUT2D eigenvalue weighted by Gasteiger charge is -2.24. The molecule has 0 saturated carbocycles. The van der Waals surface area contributed by atoms with Gasteiger partial charge in [0.25, 0.3) is 0 Å². The van der Waals surface area contributed by atoms with Gasteiger partial charge in [-0.25, -0.2) is 0 Å². The number of rotatable bonds is 8. The molecule has 1 N–H and O–H groups in total. The molecule has 0 aliphatic carbocycles. The average molecular weight is 394 g/mol. The third-order valence-electron chi connectivity index (χ3n) is 4.63. The van der Waals surface area contributed by atoms with Gasteiger partial charge in [0.2, 0.25) is 5.91 Å². The van der Waals surface area contributed by atoms with Crippen LogP contribution in [0.3, 0.4) is 0 Å². The van der Waals surface area contributed by atoms with Crippen LogP contribution in [0.25, 0.3) is 0 Å². The highest BCUT2D eigenvalue weighted by Gasteiger charge is 2.30. The summed E-state index contributed by atoms with van der Waals surface area (Å²) in [6.45, 7) is 2.65. The fraction of sp³-hybridized carbons (Fsp3) is 0.381. The van der Waals surface area contributed by atoms with E-state index in [4.69, 9.17) is 4.74 Å². The molecule has 0 aliphatic rings. The third kappa shape index (κ3) is 6.27. The molecule has 0 fully saturated rings. The van der Waals surface area contributed by atoms with Gasteiger partial charge in [0.1, 0.15) is 5.75 Å². The van der Waals surface area contributed by atoms with E-state index in [0.29, 0.717) is 25.1 Å². The van der Waals surface area contributed by atoms with Gasteiger partial charge in [0, 0.05) is 13.1 Å². The van der Waals surface area contributed by atoms with E-state index in [1.54, 1.807) is 26.0 Å². The van der Waals surface area contributed by atoms with Crippen molar-refractivity contribution in [2.75, 3.05) is 20.7 Å². The molecule has 2 aromatic rings. The summed E-state index contributed by atoms with van der Waals surface area (Å²) in [7, 11) is 3.38. The second-order valence-corrected chi connectivity index (χ2v) is 6.67. The van der Waals surface area contributed by atoms with Crippen molar-refractivity contribution >= 4 is 5.91 Å². The van der Waals surface area contributed by atoms with Gasteiger partial charge in [-0.2, -0.15) is 13.2 Å². The highest BCUT2D eigenvalue weighted by molar-refractivity contribution is 5.81. The van der Waals surface area contributed by atoms with Gasteiger partial charge in [-0.1, -0.05) is 24.3 Å². The number of carbonyl (C=O) groups is 1. The lowest BCUT2D eigenvalue weighted by Crippen LogP contribution is -2.43. The number of nitrogens with one attached hydrogen (secondary N) is 1. The maximum atomic E-state index is 12.6. The number of amides is 1. The summed E-state index contributed by atoms with van der Waals surface area (Å²) in [6, 6.07) is 12.2. The molecule has 4 nitrogen and oxygen atoms in total. The zero-order valence-corrected chi connectivity index (χ0v) is 16.2. The van der Waals surface area contributed by atoms with Gasteiger partial charge in [-0.15, -0.1) is 0 Å². The van der Waals surface area contributed by atoms with Crippen molar-refractivity contribution in [1.29, 1.82) is 0 Å². The zero-order valence-electron chi connectivity index (χ0n) is 16.2. The zero-order chi connectivity index (χ0) is 20.7. The summed E-state index contributed by atoms with van der Waals surface area (Å²) >= 11 is 0. The van der Waals surface area contributed by atoms with Crippen LogP contribution in [0.2, 0.25) is 0 Å². The van der Waals surface area contributed by atoms with Crippen LogP contribution in [-0.4, -0.2) is 37.6 Å². The summed E-state index contributed by atoms with van der Waals surface area (Å²) in [6.07, 6.45) is -3.65. The minimum absolute atomic E-state index is 0.122. The Morgan fingerprint density at radius 3 is 2.18 bits per heavy atom. The topological polar surface area (TPSA) is 41.6 Å².